The molecule has 0 unspecified atom stereocenters. The number of carbonyl (C=O) groups is 2. The summed E-state index contributed by atoms with van der Waals surface area (Å²) in [5.74, 6) is 5.50. The lowest BCUT2D eigenvalue weighted by Crippen LogP contribution is -2.36. The van der Waals surface area contributed by atoms with Gasteiger partial charge in [-0.25, -0.2) is 0 Å². The van der Waals surface area contributed by atoms with Crippen molar-refractivity contribution in [1.82, 2.24) is 15.1 Å². The average Bonchev–Trinajstić information content (AvgIpc) is 3.49. The van der Waals surface area contributed by atoms with Crippen molar-refractivity contribution in [3.63, 3.8) is 0 Å². The molecule has 2 N–H and O–H groups in total. The van der Waals surface area contributed by atoms with Gasteiger partial charge in [0.05, 0.1) is 9.35 Å². The molecule has 1 aromatic heterocycles. The molecule has 3 rings (SSSR count). The number of carboxylic acids is 1. The van der Waals surface area contributed by atoms with Crippen molar-refractivity contribution in [1.29, 1.82) is 0 Å². The fourth-order valence-corrected chi connectivity index (χ4v) is 2.99. The van der Waals surface area contributed by atoms with Crippen LogP contribution in [0.5, 0.6) is 5.75 Å². The molecular weight excluding hydrogens is 406 g/mol. The van der Waals surface area contributed by atoms with Gasteiger partial charge in [0.1, 0.15) is 11.4 Å². The molecule has 2 aromatic rings. The number of nitrogens with zero attached hydrogens (tertiary/aromatic N) is 2. The van der Waals surface area contributed by atoms with Gasteiger partial charge < -0.3 is 14.7 Å². The molecule has 1 aliphatic carbocycles. The topological polar surface area (TPSA) is 95.5 Å². The predicted molar refractivity (Wildman–Crippen MR) is 121 cm³/mol. The standard InChI is InChI=1S/C25H31N3O4/c1-18(2)28(25(31)22-16-21(26-27-22)14-13-19-11-12-19)17-20-8-5-6-9-23(20)32-15-7-3-4-10-24(29)30/h5-6,8-9,16,18-19H,3-4,7,10-12,15,17H2,1-2H3,(H,26,27)(H,29,30)/i17D2. The molecule has 1 aliphatic rings. The lowest BCUT2D eigenvalue weighted by molar-refractivity contribution is -0.137. The number of nitrogens with one attached hydrogen (secondary N) is 1. The van der Waals surface area contributed by atoms with Gasteiger partial charge in [-0.15, -0.1) is 0 Å². The molecule has 170 valence electrons. The molecular formula is C25H31N3O4. The molecule has 1 fully saturated rings. The summed E-state index contributed by atoms with van der Waals surface area (Å²) in [7, 11) is 0. The van der Waals surface area contributed by atoms with Gasteiger partial charge in [-0.2, -0.15) is 5.10 Å². The summed E-state index contributed by atoms with van der Waals surface area (Å²) >= 11 is 0. The molecule has 0 radical (unpaired) electrons. The highest BCUT2D eigenvalue weighted by molar-refractivity contribution is 5.92. The number of amides is 1. The summed E-state index contributed by atoms with van der Waals surface area (Å²) in [6.07, 6.45) is 4.22. The summed E-state index contributed by atoms with van der Waals surface area (Å²) < 4.78 is 23.6. The molecule has 0 atom stereocenters. The first-order valence-corrected chi connectivity index (χ1v) is 11.0. The summed E-state index contributed by atoms with van der Waals surface area (Å²) in [5.41, 5.74) is 0.882. The smallest absolute Gasteiger partial charge is 0.303 e. The highest BCUT2D eigenvalue weighted by atomic mass is 16.5. The van der Waals surface area contributed by atoms with Crippen molar-refractivity contribution in [2.45, 2.75) is 64.9 Å². The summed E-state index contributed by atoms with van der Waals surface area (Å²) in [4.78, 5) is 25.1. The number of hydrogen-bond acceptors (Lipinski definition) is 4. The Bertz CT molecular complexity index is 1070. The first-order chi connectivity index (χ1) is 16.2. The van der Waals surface area contributed by atoms with E-state index in [1.165, 1.54) is 0 Å². The van der Waals surface area contributed by atoms with E-state index in [2.05, 4.69) is 22.0 Å². The van der Waals surface area contributed by atoms with Crippen LogP contribution >= 0.6 is 0 Å². The number of carboxylic acid groups (broad SMARTS) is 1. The van der Waals surface area contributed by atoms with Crippen LogP contribution in [-0.2, 0) is 11.3 Å². The zero-order chi connectivity index (χ0) is 24.7. The summed E-state index contributed by atoms with van der Waals surface area (Å²) in [5, 5.41) is 15.6. The number of carbonyl (C=O) groups excluding carboxylic acids is 1. The van der Waals surface area contributed by atoms with Crippen LogP contribution in [0.1, 0.15) is 76.9 Å². The zero-order valence-electron chi connectivity index (χ0n) is 20.6. The van der Waals surface area contributed by atoms with Crippen molar-refractivity contribution in [3.05, 3.63) is 47.3 Å². The molecule has 0 aliphatic heterocycles. The van der Waals surface area contributed by atoms with Gasteiger partial charge in [-0.3, -0.25) is 14.7 Å². The van der Waals surface area contributed by atoms with E-state index in [0.29, 0.717) is 43.2 Å². The van der Waals surface area contributed by atoms with Gasteiger partial charge in [0.2, 0.25) is 0 Å². The van der Waals surface area contributed by atoms with Gasteiger partial charge in [0.25, 0.3) is 5.91 Å². The maximum absolute atomic E-state index is 13.3. The van der Waals surface area contributed by atoms with Crippen LogP contribution in [0.15, 0.2) is 30.3 Å². The normalized spacial score (nSPS) is 14.2. The third-order valence-electron chi connectivity index (χ3n) is 4.94. The van der Waals surface area contributed by atoms with Crippen LogP contribution < -0.4 is 4.74 Å². The number of ether oxygens (including phenoxy) is 1. The van der Waals surface area contributed by atoms with Crippen LogP contribution in [0.2, 0.25) is 0 Å². The Morgan fingerprint density at radius 3 is 2.81 bits per heavy atom. The van der Waals surface area contributed by atoms with Crippen LogP contribution in [0.25, 0.3) is 0 Å². The first kappa shape index (κ1) is 20.6. The van der Waals surface area contributed by atoms with E-state index in [1.807, 2.05) is 0 Å². The van der Waals surface area contributed by atoms with Crippen LogP contribution in [0, 0.1) is 17.8 Å². The van der Waals surface area contributed by atoms with Gasteiger partial charge in [-0.1, -0.05) is 24.1 Å². The Labute approximate surface area is 192 Å². The van der Waals surface area contributed by atoms with E-state index in [1.54, 1.807) is 44.2 Å². The Hall–Kier alpha value is -3.27. The molecule has 1 amide bonds. The monoisotopic (exact) mass is 439 g/mol. The van der Waals surface area contributed by atoms with E-state index in [-0.39, 0.29) is 17.7 Å². The molecule has 1 aromatic carbocycles. The first-order valence-electron chi connectivity index (χ1n) is 12.0. The molecule has 7 heteroatoms. The number of aromatic amines is 1. The van der Waals surface area contributed by atoms with E-state index < -0.39 is 24.4 Å². The van der Waals surface area contributed by atoms with Crippen molar-refractivity contribution in [2.24, 2.45) is 5.92 Å². The fourth-order valence-electron chi connectivity index (χ4n) is 2.99. The molecule has 32 heavy (non-hydrogen) atoms. The Morgan fingerprint density at radius 1 is 1.31 bits per heavy atom. The number of aromatic nitrogens is 2. The highest BCUT2D eigenvalue weighted by Gasteiger charge is 2.23. The van der Waals surface area contributed by atoms with Gasteiger partial charge in [0, 0.05) is 36.5 Å². The Balaban J connectivity index is 1.75. The second-order valence-electron chi connectivity index (χ2n) is 8.14. The van der Waals surface area contributed by atoms with Gasteiger partial charge in [-0.05, 0) is 57.9 Å². The quantitative estimate of drug-likeness (QED) is 0.403. The molecule has 0 spiro atoms. The number of rotatable bonds is 11. The van der Waals surface area contributed by atoms with Crippen LogP contribution in [0.3, 0.4) is 0 Å². The zero-order valence-corrected chi connectivity index (χ0v) is 18.6. The molecule has 0 bridgehead atoms. The van der Waals surface area contributed by atoms with E-state index in [0.717, 1.165) is 17.7 Å². The maximum atomic E-state index is 13.3. The third-order valence-corrected chi connectivity index (χ3v) is 4.94. The molecule has 0 saturated heterocycles. The average molecular weight is 440 g/mol. The number of aliphatic carboxylic acids is 1. The third kappa shape index (κ3) is 7.16. The van der Waals surface area contributed by atoms with Gasteiger partial charge in [0.15, 0.2) is 5.69 Å². The minimum Gasteiger partial charge on any atom is -0.493 e. The summed E-state index contributed by atoms with van der Waals surface area (Å²) in [6, 6.07) is 7.84. The van der Waals surface area contributed by atoms with Crippen LogP contribution in [0.4, 0.5) is 0 Å². The van der Waals surface area contributed by atoms with Crippen molar-refractivity contribution in [3.8, 4) is 17.6 Å². The predicted octanol–water partition coefficient (Wildman–Crippen LogP) is 4.25. The maximum Gasteiger partial charge on any atom is 0.303 e. The Morgan fingerprint density at radius 2 is 2.09 bits per heavy atom. The van der Waals surface area contributed by atoms with Crippen molar-refractivity contribution >= 4 is 11.9 Å². The van der Waals surface area contributed by atoms with Gasteiger partial charge >= 0.3 is 5.97 Å². The lowest BCUT2D eigenvalue weighted by Gasteiger charge is -2.27. The number of hydrogen-bond donors (Lipinski definition) is 2. The highest BCUT2D eigenvalue weighted by Crippen LogP contribution is 2.27. The second kappa shape index (κ2) is 11.4. The largest absolute Gasteiger partial charge is 0.493 e. The van der Waals surface area contributed by atoms with E-state index >= 15 is 0 Å². The van der Waals surface area contributed by atoms with Crippen molar-refractivity contribution in [2.75, 3.05) is 6.61 Å². The second-order valence-corrected chi connectivity index (χ2v) is 8.14. The van der Waals surface area contributed by atoms with Crippen molar-refractivity contribution < 1.29 is 22.2 Å². The minimum absolute atomic E-state index is 0.106. The molecule has 7 nitrogen and oxygen atoms in total. The number of H-pyrrole nitrogens is 1. The number of unbranched alkanes of at least 4 members (excludes halogenated alkanes) is 2. The van der Waals surface area contributed by atoms with E-state index in [9.17, 15) is 9.59 Å². The number of para-hydroxylation sites is 1. The molecule has 1 saturated carbocycles. The minimum atomic E-state index is -2.16. The summed E-state index contributed by atoms with van der Waals surface area (Å²) in [6.45, 7) is 1.67. The SMILES string of the molecule is [2H]C([2H])(c1ccccc1OCCCCCC(=O)O)N(C(=O)c1cc(C#CC2CC2)[nH]n1)C(C)C. The van der Waals surface area contributed by atoms with E-state index in [4.69, 9.17) is 12.6 Å². The van der Waals surface area contributed by atoms with Crippen LogP contribution in [-0.4, -0.2) is 44.7 Å². The Kier molecular flexibility index (Phi) is 7.33. The number of benzene rings is 1. The fraction of sp³-hybridized carbons (Fsp3) is 0.480. The lowest BCUT2D eigenvalue weighted by atomic mass is 10.1. The molecule has 1 heterocycles.